The minimum absolute atomic E-state index is 0.625. The Morgan fingerprint density at radius 2 is 1.70 bits per heavy atom. The Bertz CT molecular complexity index is 193. The zero-order chi connectivity index (χ0) is 7.40. The van der Waals surface area contributed by atoms with Gasteiger partial charge in [0.1, 0.15) is 0 Å². The monoisotopic (exact) mass is 138 g/mol. The highest BCUT2D eigenvalue weighted by atomic mass is 15.3. The summed E-state index contributed by atoms with van der Waals surface area (Å²) in [5.41, 5.74) is 0. The molecule has 0 fully saturated rings. The van der Waals surface area contributed by atoms with Gasteiger partial charge < -0.3 is 0 Å². The van der Waals surface area contributed by atoms with Gasteiger partial charge in [0, 0.05) is 6.42 Å². The minimum Gasteiger partial charge on any atom is -0.132 e. The fourth-order valence-electron chi connectivity index (χ4n) is 0.624. The van der Waals surface area contributed by atoms with Crippen molar-refractivity contribution in [3.8, 4) is 0 Å². The fraction of sp³-hybridized carbons (Fsp3) is 0.667. The van der Waals surface area contributed by atoms with E-state index < -0.39 is 0 Å². The van der Waals surface area contributed by atoms with Crippen molar-refractivity contribution in [3.05, 3.63) is 11.6 Å². The van der Waals surface area contributed by atoms with Crippen LogP contribution >= 0.6 is 0 Å². The molecule has 0 saturated heterocycles. The molecule has 4 heteroatoms. The molecule has 0 N–H and O–H groups in total. The Labute approximate surface area is 59.7 Å². The van der Waals surface area contributed by atoms with Gasteiger partial charge in [-0.2, -0.15) is 0 Å². The third kappa shape index (κ3) is 1.72. The van der Waals surface area contributed by atoms with E-state index in [0.29, 0.717) is 5.82 Å². The van der Waals surface area contributed by atoms with Crippen LogP contribution in [0.3, 0.4) is 0 Å². The van der Waals surface area contributed by atoms with Crippen LogP contribution in [0.5, 0.6) is 0 Å². The summed E-state index contributed by atoms with van der Waals surface area (Å²) in [4.78, 5) is 0. The second-order valence-corrected chi connectivity index (χ2v) is 2.11. The third-order valence-electron chi connectivity index (χ3n) is 1.09. The molecule has 4 nitrogen and oxygen atoms in total. The number of aromatic nitrogens is 4. The molecule has 1 aromatic rings. The van der Waals surface area contributed by atoms with Crippen LogP contribution in [-0.2, 0) is 6.42 Å². The van der Waals surface area contributed by atoms with Gasteiger partial charge in [-0.1, -0.05) is 6.92 Å². The average molecular weight is 138 g/mol. The number of rotatable bonds is 2. The third-order valence-corrected chi connectivity index (χ3v) is 1.09. The minimum atomic E-state index is 0.625. The molecular formula is C6H10N4. The molecule has 1 heterocycles. The molecule has 0 aliphatic carbocycles. The lowest BCUT2D eigenvalue weighted by molar-refractivity contribution is 0.709. The first-order chi connectivity index (χ1) is 4.83. The number of hydrogen-bond donors (Lipinski definition) is 0. The quantitative estimate of drug-likeness (QED) is 0.598. The lowest BCUT2D eigenvalue weighted by atomic mass is 10.3. The van der Waals surface area contributed by atoms with Crippen molar-refractivity contribution in [3.63, 3.8) is 0 Å². The van der Waals surface area contributed by atoms with Crippen molar-refractivity contribution in [2.45, 2.75) is 26.7 Å². The van der Waals surface area contributed by atoms with Crippen LogP contribution in [0.15, 0.2) is 0 Å². The van der Waals surface area contributed by atoms with Gasteiger partial charge in [-0.25, -0.2) is 0 Å². The molecule has 1 aromatic heterocycles. The first-order valence-corrected chi connectivity index (χ1v) is 3.36. The molecule has 0 spiro atoms. The summed E-state index contributed by atoms with van der Waals surface area (Å²) < 4.78 is 0. The Morgan fingerprint density at radius 1 is 1.10 bits per heavy atom. The van der Waals surface area contributed by atoms with E-state index in [2.05, 4.69) is 27.3 Å². The number of nitrogens with zero attached hydrogens (tertiary/aromatic N) is 4. The van der Waals surface area contributed by atoms with Crippen molar-refractivity contribution in [1.82, 2.24) is 20.4 Å². The van der Waals surface area contributed by atoms with Gasteiger partial charge in [0.05, 0.1) is 0 Å². The predicted octanol–water partition coefficient (Wildman–Crippen LogP) is 0.528. The van der Waals surface area contributed by atoms with Gasteiger partial charge in [-0.05, 0) is 13.3 Å². The molecule has 1 rings (SSSR count). The van der Waals surface area contributed by atoms with Crippen LogP contribution in [0.25, 0.3) is 0 Å². The van der Waals surface area contributed by atoms with Gasteiger partial charge in [-0.15, -0.1) is 20.4 Å². The SMILES string of the molecule is CCCc1nnc(C)nn1. The van der Waals surface area contributed by atoms with Crippen LogP contribution in [-0.4, -0.2) is 20.4 Å². The van der Waals surface area contributed by atoms with E-state index in [1.807, 2.05) is 0 Å². The van der Waals surface area contributed by atoms with Crippen LogP contribution in [0.1, 0.15) is 25.0 Å². The second-order valence-electron chi connectivity index (χ2n) is 2.11. The van der Waals surface area contributed by atoms with E-state index in [1.165, 1.54) is 0 Å². The summed E-state index contributed by atoms with van der Waals surface area (Å²) in [7, 11) is 0. The van der Waals surface area contributed by atoms with Crippen LogP contribution in [0.2, 0.25) is 0 Å². The Hall–Kier alpha value is -1.06. The molecule has 0 atom stereocenters. The van der Waals surface area contributed by atoms with Crippen molar-refractivity contribution in [2.75, 3.05) is 0 Å². The maximum atomic E-state index is 3.84. The second kappa shape index (κ2) is 3.20. The van der Waals surface area contributed by atoms with Crippen molar-refractivity contribution < 1.29 is 0 Å². The van der Waals surface area contributed by atoms with E-state index in [4.69, 9.17) is 0 Å². The Morgan fingerprint density at radius 3 is 2.20 bits per heavy atom. The van der Waals surface area contributed by atoms with Gasteiger partial charge >= 0.3 is 0 Å². The lowest BCUT2D eigenvalue weighted by Gasteiger charge is -1.92. The van der Waals surface area contributed by atoms with Gasteiger partial charge in [-0.3, -0.25) is 0 Å². The predicted molar refractivity (Wildman–Crippen MR) is 36.4 cm³/mol. The fourth-order valence-corrected chi connectivity index (χ4v) is 0.624. The summed E-state index contributed by atoms with van der Waals surface area (Å²) in [6.45, 7) is 3.85. The highest BCUT2D eigenvalue weighted by Gasteiger charge is 1.94. The first-order valence-electron chi connectivity index (χ1n) is 3.36. The summed E-state index contributed by atoms with van der Waals surface area (Å²) >= 11 is 0. The zero-order valence-electron chi connectivity index (χ0n) is 6.20. The topological polar surface area (TPSA) is 51.6 Å². The summed E-state index contributed by atoms with van der Waals surface area (Å²) in [6, 6.07) is 0. The average Bonchev–Trinajstić information content (AvgIpc) is 1.95. The number of aryl methyl sites for hydroxylation is 2. The molecule has 0 amide bonds. The maximum Gasteiger partial charge on any atom is 0.173 e. The number of hydrogen-bond acceptors (Lipinski definition) is 4. The van der Waals surface area contributed by atoms with Crippen molar-refractivity contribution >= 4 is 0 Å². The molecule has 0 saturated carbocycles. The summed E-state index contributed by atoms with van der Waals surface area (Å²) in [5.74, 6) is 1.35. The highest BCUT2D eigenvalue weighted by molar-refractivity contribution is 4.79. The Kier molecular flexibility index (Phi) is 2.25. The van der Waals surface area contributed by atoms with E-state index in [0.717, 1.165) is 18.7 Å². The molecule has 0 bridgehead atoms. The summed E-state index contributed by atoms with van der Waals surface area (Å²) in [5, 5.41) is 15.2. The Balaban J connectivity index is 2.69. The van der Waals surface area contributed by atoms with E-state index >= 15 is 0 Å². The first kappa shape index (κ1) is 7.05. The zero-order valence-corrected chi connectivity index (χ0v) is 6.20. The summed E-state index contributed by atoms with van der Waals surface area (Å²) in [6.07, 6.45) is 1.90. The van der Waals surface area contributed by atoms with Crippen LogP contribution in [0, 0.1) is 6.92 Å². The molecule has 0 aromatic carbocycles. The standard InChI is InChI=1S/C6H10N4/c1-3-4-6-9-7-5(2)8-10-6/h3-4H2,1-2H3. The molecule has 0 aliphatic rings. The molecule has 10 heavy (non-hydrogen) atoms. The lowest BCUT2D eigenvalue weighted by Crippen LogP contribution is -2.01. The smallest absolute Gasteiger partial charge is 0.132 e. The van der Waals surface area contributed by atoms with E-state index in [9.17, 15) is 0 Å². The molecule has 0 aliphatic heterocycles. The van der Waals surface area contributed by atoms with Crippen molar-refractivity contribution in [2.24, 2.45) is 0 Å². The molecule has 54 valence electrons. The largest absolute Gasteiger partial charge is 0.173 e. The maximum absolute atomic E-state index is 3.84. The van der Waals surface area contributed by atoms with Gasteiger partial charge in [0.25, 0.3) is 0 Å². The normalized spacial score (nSPS) is 9.80. The van der Waals surface area contributed by atoms with Crippen LogP contribution in [0.4, 0.5) is 0 Å². The van der Waals surface area contributed by atoms with Crippen LogP contribution < -0.4 is 0 Å². The van der Waals surface area contributed by atoms with E-state index in [1.54, 1.807) is 6.92 Å². The molecule has 0 unspecified atom stereocenters. The highest BCUT2D eigenvalue weighted by Crippen LogP contribution is 1.89. The molecule has 0 radical (unpaired) electrons. The van der Waals surface area contributed by atoms with E-state index in [-0.39, 0.29) is 0 Å². The van der Waals surface area contributed by atoms with Gasteiger partial charge in [0.2, 0.25) is 0 Å². The molecular weight excluding hydrogens is 128 g/mol. The van der Waals surface area contributed by atoms with Gasteiger partial charge in [0.15, 0.2) is 11.6 Å². The van der Waals surface area contributed by atoms with Crippen molar-refractivity contribution in [1.29, 1.82) is 0 Å².